The zero-order valence-corrected chi connectivity index (χ0v) is 20.2. The molecule has 0 spiro atoms. The van der Waals surface area contributed by atoms with Crippen molar-refractivity contribution in [1.82, 2.24) is 19.4 Å². The summed E-state index contributed by atoms with van der Waals surface area (Å²) in [5.41, 5.74) is 1.50. The quantitative estimate of drug-likeness (QED) is 0.504. The molecule has 0 saturated carbocycles. The van der Waals surface area contributed by atoms with E-state index in [9.17, 15) is 9.59 Å². The number of hydrogen-bond acceptors (Lipinski definition) is 4. The van der Waals surface area contributed by atoms with Crippen molar-refractivity contribution in [3.05, 3.63) is 74.7 Å². The molecule has 1 fully saturated rings. The first-order valence-electron chi connectivity index (χ1n) is 11.3. The Morgan fingerprint density at radius 1 is 1.03 bits per heavy atom. The van der Waals surface area contributed by atoms with E-state index in [1.807, 2.05) is 58.0 Å². The largest absolute Gasteiger partial charge is 0.336 e. The third-order valence-electron chi connectivity index (χ3n) is 6.16. The molecule has 6 nitrogen and oxygen atoms in total. The first-order valence-corrected chi connectivity index (χ1v) is 12.1. The third-order valence-corrected chi connectivity index (χ3v) is 6.69. The van der Waals surface area contributed by atoms with E-state index >= 15 is 0 Å². The summed E-state index contributed by atoms with van der Waals surface area (Å²) in [5, 5.41) is 0.671. The van der Waals surface area contributed by atoms with Crippen molar-refractivity contribution in [2.24, 2.45) is 0 Å². The zero-order chi connectivity index (χ0) is 22.7. The van der Waals surface area contributed by atoms with Gasteiger partial charge in [-0.25, -0.2) is 4.98 Å². The number of hydrogen-bond donors (Lipinski definition) is 0. The smallest absolute Gasteiger partial charge is 0.261 e. The van der Waals surface area contributed by atoms with Gasteiger partial charge in [-0.3, -0.25) is 19.1 Å². The van der Waals surface area contributed by atoms with Crippen LogP contribution in [0.4, 0.5) is 0 Å². The van der Waals surface area contributed by atoms with Gasteiger partial charge in [-0.15, -0.1) is 0 Å². The Kier molecular flexibility index (Phi) is 7.06. The molecule has 32 heavy (non-hydrogen) atoms. The highest BCUT2D eigenvalue weighted by atomic mass is 79.9. The fourth-order valence-electron chi connectivity index (χ4n) is 4.50. The minimum atomic E-state index is 0.0370. The first kappa shape index (κ1) is 22.7. The fraction of sp³-hybridized carbons (Fsp3) is 0.400. The summed E-state index contributed by atoms with van der Waals surface area (Å²) in [6.45, 7) is 7.73. The second kappa shape index (κ2) is 9.96. The molecule has 3 aromatic rings. The van der Waals surface area contributed by atoms with E-state index in [2.05, 4.69) is 34.7 Å². The fourth-order valence-corrected chi connectivity index (χ4v) is 4.76. The van der Waals surface area contributed by atoms with Crippen LogP contribution in [0.2, 0.25) is 0 Å². The van der Waals surface area contributed by atoms with Gasteiger partial charge in [-0.2, -0.15) is 0 Å². The molecule has 1 unspecified atom stereocenters. The van der Waals surface area contributed by atoms with Crippen LogP contribution in [-0.4, -0.2) is 51.4 Å². The highest BCUT2D eigenvalue weighted by Gasteiger charge is 2.29. The Bertz CT molecular complexity index is 1150. The molecule has 7 heteroatoms. The normalized spacial score (nSPS) is 15.8. The van der Waals surface area contributed by atoms with Crippen molar-refractivity contribution in [3.63, 3.8) is 0 Å². The number of rotatable bonds is 6. The molecule has 0 aliphatic carbocycles. The second-order valence-corrected chi connectivity index (χ2v) is 9.12. The van der Waals surface area contributed by atoms with Gasteiger partial charge in [0.2, 0.25) is 0 Å². The van der Waals surface area contributed by atoms with Crippen molar-refractivity contribution >= 4 is 32.7 Å². The monoisotopic (exact) mass is 496 g/mol. The summed E-state index contributed by atoms with van der Waals surface area (Å²) in [6.07, 6.45) is 1.73. The summed E-state index contributed by atoms with van der Waals surface area (Å²) < 4.78 is 2.82. The lowest BCUT2D eigenvalue weighted by Crippen LogP contribution is -2.50. The highest BCUT2D eigenvalue weighted by molar-refractivity contribution is 9.10. The Morgan fingerprint density at radius 2 is 1.72 bits per heavy atom. The van der Waals surface area contributed by atoms with Crippen LogP contribution in [0.1, 0.15) is 48.9 Å². The van der Waals surface area contributed by atoms with Gasteiger partial charge >= 0.3 is 0 Å². The molecular weight excluding hydrogens is 468 g/mol. The van der Waals surface area contributed by atoms with E-state index in [0.29, 0.717) is 30.6 Å². The minimum absolute atomic E-state index is 0.0370. The Hall–Kier alpha value is -2.51. The molecule has 1 aliphatic heterocycles. The lowest BCUT2D eigenvalue weighted by atomic mass is 10.1. The van der Waals surface area contributed by atoms with Gasteiger partial charge in [0.15, 0.2) is 0 Å². The second-order valence-electron chi connectivity index (χ2n) is 8.20. The number of benzene rings is 2. The maximum absolute atomic E-state index is 13.2. The molecule has 1 aliphatic rings. The zero-order valence-electron chi connectivity index (χ0n) is 18.6. The molecule has 1 aromatic heterocycles. The van der Waals surface area contributed by atoms with E-state index in [0.717, 1.165) is 41.7 Å². The summed E-state index contributed by atoms with van der Waals surface area (Å²) >= 11 is 3.42. The number of halogens is 1. The molecule has 2 aromatic carbocycles. The van der Waals surface area contributed by atoms with E-state index in [4.69, 9.17) is 4.98 Å². The maximum Gasteiger partial charge on any atom is 0.261 e. The number of carbonyl (C=O) groups excluding carboxylic acids is 1. The molecule has 1 atom stereocenters. The van der Waals surface area contributed by atoms with Crippen molar-refractivity contribution < 1.29 is 4.79 Å². The number of aromatic nitrogens is 2. The standard InChI is InChI=1S/C25H29BrN4O2/c1-3-13-30-23(27-21-8-6-5-7-20(21)25(30)32)22(4-2)28-14-16-29(17-15-28)24(31)18-9-11-19(26)12-10-18/h5-12,22H,3-4,13-17H2,1-2H3. The molecule has 168 valence electrons. The van der Waals surface area contributed by atoms with Crippen LogP contribution in [0, 0.1) is 0 Å². The average molecular weight is 497 g/mol. The van der Waals surface area contributed by atoms with Gasteiger partial charge < -0.3 is 4.90 Å². The van der Waals surface area contributed by atoms with Crippen LogP contribution < -0.4 is 5.56 Å². The van der Waals surface area contributed by atoms with E-state index in [1.165, 1.54) is 0 Å². The molecule has 0 radical (unpaired) electrons. The lowest BCUT2D eigenvalue weighted by molar-refractivity contribution is 0.0548. The van der Waals surface area contributed by atoms with Gasteiger partial charge in [0, 0.05) is 42.8 Å². The van der Waals surface area contributed by atoms with Crippen LogP contribution in [0.25, 0.3) is 10.9 Å². The van der Waals surface area contributed by atoms with Gasteiger partial charge in [-0.05, 0) is 49.2 Å². The molecule has 1 saturated heterocycles. The van der Waals surface area contributed by atoms with Crippen molar-refractivity contribution in [2.45, 2.75) is 39.3 Å². The maximum atomic E-state index is 13.2. The number of para-hydroxylation sites is 1. The molecule has 0 bridgehead atoms. The van der Waals surface area contributed by atoms with Crippen LogP contribution in [0.5, 0.6) is 0 Å². The van der Waals surface area contributed by atoms with Crippen molar-refractivity contribution in [2.75, 3.05) is 26.2 Å². The van der Waals surface area contributed by atoms with E-state index in [1.54, 1.807) is 0 Å². The SMILES string of the molecule is CCCn1c(C(CC)N2CCN(C(=O)c3ccc(Br)cc3)CC2)nc2ccccc2c1=O. The Labute approximate surface area is 197 Å². The number of fused-ring (bicyclic) bond motifs is 1. The van der Waals surface area contributed by atoms with Crippen LogP contribution >= 0.6 is 15.9 Å². The number of carbonyl (C=O) groups is 1. The molecule has 1 amide bonds. The van der Waals surface area contributed by atoms with E-state index in [-0.39, 0.29) is 17.5 Å². The first-order chi connectivity index (χ1) is 15.5. The predicted molar refractivity (Wildman–Crippen MR) is 131 cm³/mol. The molecule has 2 heterocycles. The van der Waals surface area contributed by atoms with Gasteiger partial charge in [0.25, 0.3) is 11.5 Å². The number of nitrogens with zero attached hydrogens (tertiary/aromatic N) is 4. The van der Waals surface area contributed by atoms with Crippen LogP contribution in [0.3, 0.4) is 0 Å². The van der Waals surface area contributed by atoms with Gasteiger partial charge in [-0.1, -0.05) is 41.9 Å². The molecule has 0 N–H and O–H groups in total. The Balaban J connectivity index is 1.57. The third kappa shape index (κ3) is 4.50. The van der Waals surface area contributed by atoms with Crippen LogP contribution in [-0.2, 0) is 6.54 Å². The molecule has 4 rings (SSSR count). The summed E-state index contributed by atoms with van der Waals surface area (Å²) in [7, 11) is 0. The van der Waals surface area contributed by atoms with Gasteiger partial charge in [0.1, 0.15) is 5.82 Å². The summed E-state index contributed by atoms with van der Waals surface area (Å²) in [5.74, 6) is 0.905. The van der Waals surface area contributed by atoms with E-state index < -0.39 is 0 Å². The highest BCUT2D eigenvalue weighted by Crippen LogP contribution is 2.25. The number of piperazine rings is 1. The summed E-state index contributed by atoms with van der Waals surface area (Å²) in [6, 6.07) is 15.1. The lowest BCUT2D eigenvalue weighted by Gasteiger charge is -2.39. The van der Waals surface area contributed by atoms with Crippen molar-refractivity contribution in [1.29, 1.82) is 0 Å². The predicted octanol–water partition coefficient (Wildman–Crippen LogP) is 4.48. The average Bonchev–Trinajstić information content (AvgIpc) is 2.82. The molecular formula is C25H29BrN4O2. The van der Waals surface area contributed by atoms with Crippen LogP contribution in [0.15, 0.2) is 57.8 Å². The van der Waals surface area contributed by atoms with Crippen molar-refractivity contribution in [3.8, 4) is 0 Å². The summed E-state index contributed by atoms with van der Waals surface area (Å²) in [4.78, 5) is 35.3. The van der Waals surface area contributed by atoms with Gasteiger partial charge in [0.05, 0.1) is 16.9 Å². The Morgan fingerprint density at radius 3 is 2.38 bits per heavy atom. The topological polar surface area (TPSA) is 58.4 Å². The minimum Gasteiger partial charge on any atom is -0.336 e. The number of amides is 1.